The van der Waals surface area contributed by atoms with Crippen molar-refractivity contribution < 1.29 is 5.11 Å². The maximum Gasteiger partial charge on any atom is 0.0822 e. The molecule has 0 saturated carbocycles. The normalized spacial score (nSPS) is 13.5. The van der Waals surface area contributed by atoms with E-state index in [4.69, 9.17) is 0 Å². The zero-order valence-corrected chi connectivity index (χ0v) is 18.8. The molecule has 0 amide bonds. The van der Waals surface area contributed by atoms with Crippen LogP contribution in [0.25, 0.3) is 0 Å². The molecule has 3 aromatic carbocycles. The minimum atomic E-state index is -0.466. The number of nitrogens with one attached hydrogen (secondary N) is 1. The van der Waals surface area contributed by atoms with Crippen molar-refractivity contribution in [2.45, 2.75) is 45.5 Å². The van der Waals surface area contributed by atoms with Crippen LogP contribution in [-0.4, -0.2) is 35.2 Å². The van der Waals surface area contributed by atoms with Crippen LogP contribution in [0.5, 0.6) is 0 Å². The summed E-state index contributed by atoms with van der Waals surface area (Å²) in [7, 11) is 0. The summed E-state index contributed by atoms with van der Waals surface area (Å²) < 4.78 is 0. The molecule has 1 unspecified atom stereocenters. The summed E-state index contributed by atoms with van der Waals surface area (Å²) >= 11 is 0. The minimum Gasteiger partial charge on any atom is -0.390 e. The van der Waals surface area contributed by atoms with Crippen molar-refractivity contribution in [3.8, 4) is 0 Å². The maximum atomic E-state index is 11.3. The van der Waals surface area contributed by atoms with E-state index in [9.17, 15) is 5.11 Å². The molecule has 0 bridgehead atoms. The Morgan fingerprint density at radius 1 is 0.677 bits per heavy atom. The third kappa shape index (κ3) is 7.95. The molecule has 0 heterocycles. The number of hydrogen-bond donors (Lipinski definition) is 2. The van der Waals surface area contributed by atoms with E-state index in [0.29, 0.717) is 12.5 Å². The smallest absolute Gasteiger partial charge is 0.0822 e. The largest absolute Gasteiger partial charge is 0.390 e. The van der Waals surface area contributed by atoms with Gasteiger partial charge in [0.15, 0.2) is 0 Å². The van der Waals surface area contributed by atoms with E-state index in [1.54, 1.807) is 0 Å². The first-order chi connectivity index (χ1) is 15.1. The van der Waals surface area contributed by atoms with Crippen LogP contribution in [0.15, 0.2) is 91.0 Å². The van der Waals surface area contributed by atoms with Crippen LogP contribution < -0.4 is 5.32 Å². The Morgan fingerprint density at radius 2 is 1.13 bits per heavy atom. The molecule has 0 fully saturated rings. The number of aliphatic hydroxyl groups excluding tert-OH is 1. The standard InChI is InChI=1S/C28H36N2O/c1-23(2)19-29-20-28(31)27(18-24-12-6-3-7-13-24)30(21-25-14-8-4-9-15-25)22-26-16-10-5-11-17-26/h3-17,23,27-29,31H,18-22H2,1-2H3/t27?,28-/m1/s1. The third-order valence-corrected chi connectivity index (χ3v) is 5.56. The second-order valence-electron chi connectivity index (χ2n) is 8.75. The highest BCUT2D eigenvalue weighted by molar-refractivity contribution is 5.20. The van der Waals surface area contributed by atoms with Gasteiger partial charge < -0.3 is 10.4 Å². The minimum absolute atomic E-state index is 0.00229. The van der Waals surface area contributed by atoms with Gasteiger partial charge in [-0.2, -0.15) is 0 Å². The molecule has 0 radical (unpaired) electrons. The Hall–Kier alpha value is -2.46. The summed E-state index contributed by atoms with van der Waals surface area (Å²) in [5, 5.41) is 14.8. The molecule has 0 aromatic heterocycles. The first-order valence-electron chi connectivity index (χ1n) is 11.4. The summed E-state index contributed by atoms with van der Waals surface area (Å²) in [6.45, 7) is 7.49. The summed E-state index contributed by atoms with van der Waals surface area (Å²) in [5.41, 5.74) is 3.78. The van der Waals surface area contributed by atoms with Gasteiger partial charge in [-0.3, -0.25) is 4.90 Å². The van der Waals surface area contributed by atoms with E-state index < -0.39 is 6.10 Å². The van der Waals surface area contributed by atoms with Crippen molar-refractivity contribution in [3.05, 3.63) is 108 Å². The number of nitrogens with zero attached hydrogens (tertiary/aromatic N) is 1. The lowest BCUT2D eigenvalue weighted by Gasteiger charge is -2.36. The van der Waals surface area contributed by atoms with Crippen LogP contribution >= 0.6 is 0 Å². The van der Waals surface area contributed by atoms with Gasteiger partial charge in [0.1, 0.15) is 0 Å². The van der Waals surface area contributed by atoms with E-state index in [1.807, 2.05) is 6.07 Å². The Balaban J connectivity index is 1.85. The first-order valence-corrected chi connectivity index (χ1v) is 11.4. The molecule has 3 rings (SSSR count). The molecule has 0 aliphatic carbocycles. The highest BCUT2D eigenvalue weighted by atomic mass is 16.3. The Bertz CT molecular complexity index is 810. The van der Waals surface area contributed by atoms with Crippen molar-refractivity contribution >= 4 is 0 Å². The zero-order chi connectivity index (χ0) is 21.9. The number of benzene rings is 3. The van der Waals surface area contributed by atoms with E-state index >= 15 is 0 Å². The predicted octanol–water partition coefficient (Wildman–Crippen LogP) is 4.91. The molecule has 0 saturated heterocycles. The fraction of sp³-hybridized carbons (Fsp3) is 0.357. The highest BCUT2D eigenvalue weighted by Gasteiger charge is 2.27. The molecule has 0 aliphatic heterocycles. The topological polar surface area (TPSA) is 35.5 Å². The van der Waals surface area contributed by atoms with Gasteiger partial charge in [0.05, 0.1) is 6.10 Å². The van der Waals surface area contributed by atoms with E-state index in [2.05, 4.69) is 109 Å². The lowest BCUT2D eigenvalue weighted by atomic mass is 9.97. The molecule has 3 nitrogen and oxygen atoms in total. The van der Waals surface area contributed by atoms with Crippen LogP contribution in [0, 0.1) is 5.92 Å². The van der Waals surface area contributed by atoms with Gasteiger partial charge in [-0.15, -0.1) is 0 Å². The number of aliphatic hydroxyl groups is 1. The van der Waals surface area contributed by atoms with Gasteiger partial charge in [-0.05, 0) is 35.6 Å². The van der Waals surface area contributed by atoms with Crippen LogP contribution in [0.3, 0.4) is 0 Å². The van der Waals surface area contributed by atoms with E-state index in [0.717, 1.165) is 26.1 Å². The molecule has 31 heavy (non-hydrogen) atoms. The van der Waals surface area contributed by atoms with Crippen molar-refractivity contribution in [1.29, 1.82) is 0 Å². The van der Waals surface area contributed by atoms with Crippen molar-refractivity contribution in [1.82, 2.24) is 10.2 Å². The van der Waals surface area contributed by atoms with Crippen LogP contribution in [0.4, 0.5) is 0 Å². The quantitative estimate of drug-likeness (QED) is 0.440. The maximum absolute atomic E-state index is 11.3. The van der Waals surface area contributed by atoms with E-state index in [1.165, 1.54) is 16.7 Å². The first kappa shape index (κ1) is 23.2. The van der Waals surface area contributed by atoms with Gasteiger partial charge in [0, 0.05) is 25.7 Å². The van der Waals surface area contributed by atoms with Crippen molar-refractivity contribution in [2.24, 2.45) is 5.92 Å². The second kappa shape index (κ2) is 12.4. The Labute approximate surface area is 187 Å². The average molecular weight is 417 g/mol. The van der Waals surface area contributed by atoms with Gasteiger partial charge >= 0.3 is 0 Å². The molecule has 2 N–H and O–H groups in total. The van der Waals surface area contributed by atoms with Crippen molar-refractivity contribution in [3.63, 3.8) is 0 Å². The lowest BCUT2D eigenvalue weighted by Crippen LogP contribution is -2.48. The van der Waals surface area contributed by atoms with Gasteiger partial charge in [-0.1, -0.05) is 105 Å². The fourth-order valence-corrected chi connectivity index (χ4v) is 3.95. The fourth-order valence-electron chi connectivity index (χ4n) is 3.95. The summed E-state index contributed by atoms with van der Waals surface area (Å²) in [6, 6.07) is 31.6. The monoisotopic (exact) mass is 416 g/mol. The van der Waals surface area contributed by atoms with Gasteiger partial charge in [0.25, 0.3) is 0 Å². The second-order valence-corrected chi connectivity index (χ2v) is 8.75. The molecule has 0 spiro atoms. The lowest BCUT2D eigenvalue weighted by molar-refractivity contribution is 0.0390. The predicted molar refractivity (Wildman–Crippen MR) is 130 cm³/mol. The molecule has 0 aliphatic rings. The summed E-state index contributed by atoms with van der Waals surface area (Å²) in [4.78, 5) is 2.43. The van der Waals surface area contributed by atoms with Crippen LogP contribution in [-0.2, 0) is 19.5 Å². The molecular weight excluding hydrogens is 380 g/mol. The highest BCUT2D eigenvalue weighted by Crippen LogP contribution is 2.19. The Morgan fingerprint density at radius 3 is 1.58 bits per heavy atom. The van der Waals surface area contributed by atoms with E-state index in [-0.39, 0.29) is 6.04 Å². The van der Waals surface area contributed by atoms with Crippen LogP contribution in [0.2, 0.25) is 0 Å². The number of rotatable bonds is 12. The van der Waals surface area contributed by atoms with Gasteiger partial charge in [0.2, 0.25) is 0 Å². The molecule has 164 valence electrons. The summed E-state index contributed by atoms with van der Waals surface area (Å²) in [6.07, 6.45) is 0.344. The Kier molecular flexibility index (Phi) is 9.29. The van der Waals surface area contributed by atoms with Gasteiger partial charge in [-0.25, -0.2) is 0 Å². The molecule has 3 heteroatoms. The van der Waals surface area contributed by atoms with Crippen molar-refractivity contribution in [2.75, 3.05) is 13.1 Å². The summed E-state index contributed by atoms with van der Waals surface area (Å²) in [5.74, 6) is 0.560. The SMILES string of the molecule is CC(C)CNC[C@@H](O)C(Cc1ccccc1)N(Cc1ccccc1)Cc1ccccc1. The molecule has 2 atom stereocenters. The third-order valence-electron chi connectivity index (χ3n) is 5.56. The molecular formula is C28H36N2O. The molecule has 3 aromatic rings. The zero-order valence-electron chi connectivity index (χ0n) is 18.8. The number of hydrogen-bond acceptors (Lipinski definition) is 3. The average Bonchev–Trinajstić information content (AvgIpc) is 2.79. The van der Waals surface area contributed by atoms with Crippen LogP contribution in [0.1, 0.15) is 30.5 Å².